The summed E-state index contributed by atoms with van der Waals surface area (Å²) in [6.45, 7) is 5.89. The fourth-order valence-corrected chi connectivity index (χ4v) is 5.90. The standard InChI is InChI=1S/C30H36ClN3O4S/c1-4-6-20-32-30(36)27(5-2)33(21-24-13-8-7-9-14-24)29(35)22-34(28-15-11-10-12-23(28)3)39(37,38)26-18-16-25(31)17-19-26/h7-19,27H,4-6,20-22H2,1-3H3,(H,32,36)/t27-/m0/s1. The SMILES string of the molecule is CCCCNC(=O)[C@H](CC)N(Cc1ccccc1)C(=O)CN(c1ccccc1C)S(=O)(=O)c1ccc(Cl)cc1. The van der Waals surface area contributed by atoms with E-state index in [0.29, 0.717) is 29.2 Å². The second kappa shape index (κ2) is 14.1. The third kappa shape index (κ3) is 7.83. The zero-order chi connectivity index (χ0) is 28.4. The van der Waals surface area contributed by atoms with Crippen molar-refractivity contribution < 1.29 is 18.0 Å². The van der Waals surface area contributed by atoms with Crippen LogP contribution in [0.25, 0.3) is 0 Å². The number of nitrogens with one attached hydrogen (secondary N) is 1. The molecule has 39 heavy (non-hydrogen) atoms. The Kier molecular flexibility index (Phi) is 10.9. The van der Waals surface area contributed by atoms with Gasteiger partial charge in [-0.1, -0.05) is 80.4 Å². The maximum absolute atomic E-state index is 14.0. The quantitative estimate of drug-likeness (QED) is 0.273. The number of aryl methyl sites for hydroxylation is 1. The number of carbonyl (C=O) groups excluding carboxylic acids is 2. The van der Waals surface area contributed by atoms with Gasteiger partial charge in [0.25, 0.3) is 10.0 Å². The van der Waals surface area contributed by atoms with Crippen LogP contribution >= 0.6 is 11.6 Å². The summed E-state index contributed by atoms with van der Waals surface area (Å²) < 4.78 is 28.9. The second-order valence-corrected chi connectivity index (χ2v) is 11.6. The molecule has 0 aliphatic heterocycles. The Morgan fingerprint density at radius 1 is 0.923 bits per heavy atom. The highest BCUT2D eigenvalue weighted by Gasteiger charge is 2.34. The van der Waals surface area contributed by atoms with Crippen molar-refractivity contribution in [2.24, 2.45) is 0 Å². The number of rotatable bonds is 13. The molecule has 1 N–H and O–H groups in total. The predicted octanol–water partition coefficient (Wildman–Crippen LogP) is 5.57. The first-order valence-corrected chi connectivity index (χ1v) is 15.0. The Morgan fingerprint density at radius 3 is 2.18 bits per heavy atom. The summed E-state index contributed by atoms with van der Waals surface area (Å²) in [6.07, 6.45) is 2.14. The molecule has 0 heterocycles. The van der Waals surface area contributed by atoms with Gasteiger partial charge in [-0.2, -0.15) is 0 Å². The van der Waals surface area contributed by atoms with Crippen molar-refractivity contribution in [3.8, 4) is 0 Å². The lowest BCUT2D eigenvalue weighted by molar-refractivity contribution is -0.140. The molecule has 0 saturated carbocycles. The minimum Gasteiger partial charge on any atom is -0.354 e. The number of halogens is 1. The summed E-state index contributed by atoms with van der Waals surface area (Å²) in [5.74, 6) is -0.727. The van der Waals surface area contributed by atoms with Crippen LogP contribution in [0.2, 0.25) is 5.02 Å². The number of nitrogens with zero attached hydrogens (tertiary/aromatic N) is 2. The predicted molar refractivity (Wildman–Crippen MR) is 156 cm³/mol. The molecule has 0 spiro atoms. The van der Waals surface area contributed by atoms with Crippen LogP contribution in [-0.2, 0) is 26.2 Å². The van der Waals surface area contributed by atoms with E-state index in [1.165, 1.54) is 29.2 Å². The average Bonchev–Trinajstić information content (AvgIpc) is 2.93. The topological polar surface area (TPSA) is 86.8 Å². The molecule has 3 aromatic carbocycles. The average molecular weight is 570 g/mol. The van der Waals surface area contributed by atoms with Crippen molar-refractivity contribution in [3.05, 3.63) is 95.0 Å². The molecule has 0 radical (unpaired) electrons. The monoisotopic (exact) mass is 569 g/mol. The number of amides is 2. The highest BCUT2D eigenvalue weighted by atomic mass is 35.5. The highest BCUT2D eigenvalue weighted by Crippen LogP contribution is 2.28. The lowest BCUT2D eigenvalue weighted by Crippen LogP contribution is -2.52. The number of para-hydroxylation sites is 1. The van der Waals surface area contributed by atoms with Gasteiger partial charge in [0.2, 0.25) is 11.8 Å². The van der Waals surface area contributed by atoms with E-state index in [9.17, 15) is 18.0 Å². The van der Waals surface area contributed by atoms with Crippen LogP contribution in [0.5, 0.6) is 0 Å². The van der Waals surface area contributed by atoms with E-state index < -0.39 is 28.5 Å². The smallest absolute Gasteiger partial charge is 0.264 e. The Balaban J connectivity index is 2.03. The largest absolute Gasteiger partial charge is 0.354 e. The molecule has 9 heteroatoms. The molecule has 0 saturated heterocycles. The van der Waals surface area contributed by atoms with Gasteiger partial charge in [-0.15, -0.1) is 0 Å². The Hall–Kier alpha value is -3.36. The number of hydrogen-bond donors (Lipinski definition) is 1. The fourth-order valence-electron chi connectivity index (χ4n) is 4.30. The molecule has 0 aromatic heterocycles. The number of carbonyl (C=O) groups is 2. The van der Waals surface area contributed by atoms with Gasteiger partial charge in [0.1, 0.15) is 12.6 Å². The van der Waals surface area contributed by atoms with E-state index in [1.807, 2.05) is 50.2 Å². The first-order valence-electron chi connectivity index (χ1n) is 13.1. The third-order valence-electron chi connectivity index (χ3n) is 6.48. The van der Waals surface area contributed by atoms with Gasteiger partial charge in [0.15, 0.2) is 0 Å². The molecule has 0 unspecified atom stereocenters. The molecule has 0 aliphatic rings. The number of hydrogen-bond acceptors (Lipinski definition) is 4. The molecule has 2 amide bonds. The molecule has 0 bridgehead atoms. The highest BCUT2D eigenvalue weighted by molar-refractivity contribution is 7.92. The number of unbranched alkanes of at least 4 members (excludes halogenated alkanes) is 1. The maximum Gasteiger partial charge on any atom is 0.264 e. The van der Waals surface area contributed by atoms with Crippen molar-refractivity contribution in [2.45, 2.75) is 57.5 Å². The number of sulfonamides is 1. The molecule has 1 atom stereocenters. The molecule has 208 valence electrons. The van der Waals surface area contributed by atoms with E-state index in [2.05, 4.69) is 5.32 Å². The molecule has 3 aromatic rings. The van der Waals surface area contributed by atoms with Crippen LogP contribution in [-0.4, -0.2) is 44.3 Å². The lowest BCUT2D eigenvalue weighted by Gasteiger charge is -2.33. The van der Waals surface area contributed by atoms with Crippen LogP contribution in [0.15, 0.2) is 83.8 Å². The second-order valence-electron chi connectivity index (χ2n) is 9.33. The van der Waals surface area contributed by atoms with E-state index in [-0.39, 0.29) is 17.3 Å². The summed E-state index contributed by atoms with van der Waals surface area (Å²) in [6, 6.07) is 21.5. The zero-order valence-corrected chi connectivity index (χ0v) is 24.2. The molecule has 7 nitrogen and oxygen atoms in total. The van der Waals surface area contributed by atoms with Gasteiger partial charge < -0.3 is 10.2 Å². The summed E-state index contributed by atoms with van der Waals surface area (Å²) >= 11 is 6.01. The fraction of sp³-hybridized carbons (Fsp3) is 0.333. The minimum absolute atomic E-state index is 0.0157. The van der Waals surface area contributed by atoms with Gasteiger partial charge in [-0.3, -0.25) is 13.9 Å². The van der Waals surface area contributed by atoms with Crippen LogP contribution in [0, 0.1) is 6.92 Å². The Labute approximate surface area is 236 Å². The van der Waals surface area contributed by atoms with E-state index >= 15 is 0 Å². The van der Waals surface area contributed by atoms with Crippen molar-refractivity contribution in [2.75, 3.05) is 17.4 Å². The zero-order valence-electron chi connectivity index (χ0n) is 22.6. The normalized spacial score (nSPS) is 12.0. The molecular weight excluding hydrogens is 534 g/mol. The van der Waals surface area contributed by atoms with E-state index in [4.69, 9.17) is 11.6 Å². The molecule has 0 aliphatic carbocycles. The van der Waals surface area contributed by atoms with Gasteiger partial charge in [0.05, 0.1) is 10.6 Å². The van der Waals surface area contributed by atoms with E-state index in [0.717, 1.165) is 22.7 Å². The maximum atomic E-state index is 14.0. The van der Waals surface area contributed by atoms with Gasteiger partial charge in [0, 0.05) is 18.1 Å². The number of benzene rings is 3. The molecular formula is C30H36ClN3O4S. The first-order chi connectivity index (χ1) is 18.7. The van der Waals surface area contributed by atoms with E-state index in [1.54, 1.807) is 25.1 Å². The van der Waals surface area contributed by atoms with Crippen molar-refractivity contribution >= 4 is 39.1 Å². The molecule has 0 fully saturated rings. The van der Waals surface area contributed by atoms with Crippen molar-refractivity contribution in [3.63, 3.8) is 0 Å². The third-order valence-corrected chi connectivity index (χ3v) is 8.50. The Morgan fingerprint density at radius 2 is 1.56 bits per heavy atom. The Bertz CT molecular complexity index is 1350. The van der Waals surface area contributed by atoms with Crippen LogP contribution in [0.4, 0.5) is 5.69 Å². The van der Waals surface area contributed by atoms with Crippen LogP contribution in [0.3, 0.4) is 0 Å². The van der Waals surface area contributed by atoms with Crippen molar-refractivity contribution in [1.82, 2.24) is 10.2 Å². The van der Waals surface area contributed by atoms with Gasteiger partial charge >= 0.3 is 0 Å². The lowest BCUT2D eigenvalue weighted by atomic mass is 10.1. The van der Waals surface area contributed by atoms with Gasteiger partial charge in [-0.05, 0) is 61.2 Å². The van der Waals surface area contributed by atoms with Crippen LogP contribution < -0.4 is 9.62 Å². The summed E-state index contributed by atoms with van der Waals surface area (Å²) in [7, 11) is -4.14. The summed E-state index contributed by atoms with van der Waals surface area (Å²) in [5.41, 5.74) is 1.93. The van der Waals surface area contributed by atoms with Crippen molar-refractivity contribution in [1.29, 1.82) is 0 Å². The summed E-state index contributed by atoms with van der Waals surface area (Å²) in [4.78, 5) is 28.7. The van der Waals surface area contributed by atoms with Crippen LogP contribution in [0.1, 0.15) is 44.2 Å². The number of anilines is 1. The minimum atomic E-state index is -4.14. The molecule has 3 rings (SSSR count). The first kappa shape index (κ1) is 30.2. The van der Waals surface area contributed by atoms with Gasteiger partial charge in [-0.25, -0.2) is 8.42 Å². The summed E-state index contributed by atoms with van der Waals surface area (Å²) in [5, 5.41) is 3.34.